The van der Waals surface area contributed by atoms with Crippen molar-refractivity contribution in [2.75, 3.05) is 6.61 Å². The van der Waals surface area contributed by atoms with Gasteiger partial charge in [-0.05, 0) is 71.8 Å². The largest absolute Gasteiger partial charge is 0.490 e. The molecule has 1 heterocycles. The van der Waals surface area contributed by atoms with Gasteiger partial charge in [0.25, 0.3) is 11.1 Å². The summed E-state index contributed by atoms with van der Waals surface area (Å²) in [4.78, 5) is 26.9. The third kappa shape index (κ3) is 5.70. The second-order valence-corrected chi connectivity index (χ2v) is 8.59. The Labute approximate surface area is 206 Å². The molecule has 176 valence electrons. The first-order valence-corrected chi connectivity index (χ1v) is 11.7. The summed E-state index contributed by atoms with van der Waals surface area (Å²) >= 11 is 0.850. The number of thioether (sulfide) groups is 1. The molecule has 4 rings (SSSR count). The average molecular weight is 489 g/mol. The van der Waals surface area contributed by atoms with Crippen molar-refractivity contribution in [3.8, 4) is 17.6 Å². The lowest BCUT2D eigenvalue weighted by atomic mass is 10.1. The Kier molecular flexibility index (Phi) is 7.48. The maximum absolute atomic E-state index is 13.4. The Hall–Kier alpha value is -4.09. The summed E-state index contributed by atoms with van der Waals surface area (Å²) < 4.78 is 25.0. The van der Waals surface area contributed by atoms with Crippen molar-refractivity contribution >= 4 is 29.0 Å². The van der Waals surface area contributed by atoms with E-state index in [4.69, 9.17) is 9.47 Å². The highest BCUT2D eigenvalue weighted by molar-refractivity contribution is 8.18. The average Bonchev–Trinajstić information content (AvgIpc) is 3.11. The van der Waals surface area contributed by atoms with Crippen LogP contribution in [0.5, 0.6) is 11.5 Å². The van der Waals surface area contributed by atoms with Crippen LogP contribution in [0.4, 0.5) is 9.18 Å². The van der Waals surface area contributed by atoms with Gasteiger partial charge in [-0.15, -0.1) is 0 Å². The molecule has 2 amide bonds. The molecule has 6 nitrogen and oxygen atoms in total. The quantitative estimate of drug-likeness (QED) is 0.367. The molecule has 1 aliphatic rings. The van der Waals surface area contributed by atoms with Crippen LogP contribution < -0.4 is 9.47 Å². The van der Waals surface area contributed by atoms with E-state index in [9.17, 15) is 19.2 Å². The molecule has 0 atom stereocenters. The lowest BCUT2D eigenvalue weighted by Gasteiger charge is -2.13. The number of benzene rings is 3. The second-order valence-electron chi connectivity index (χ2n) is 7.59. The number of amides is 2. The predicted molar refractivity (Wildman–Crippen MR) is 131 cm³/mol. The van der Waals surface area contributed by atoms with Crippen LogP contribution in [0.3, 0.4) is 0 Å². The Morgan fingerprint density at radius 2 is 1.86 bits per heavy atom. The molecule has 1 aliphatic heterocycles. The lowest BCUT2D eigenvalue weighted by molar-refractivity contribution is -0.123. The number of nitriles is 1. The van der Waals surface area contributed by atoms with Gasteiger partial charge < -0.3 is 9.47 Å². The number of hydrogen-bond acceptors (Lipinski definition) is 6. The molecule has 0 aromatic heterocycles. The van der Waals surface area contributed by atoms with E-state index in [1.54, 1.807) is 60.7 Å². The van der Waals surface area contributed by atoms with E-state index in [1.165, 1.54) is 12.1 Å². The zero-order chi connectivity index (χ0) is 24.8. The molecule has 0 radical (unpaired) electrons. The minimum atomic E-state index is -0.419. The van der Waals surface area contributed by atoms with Crippen LogP contribution in [-0.2, 0) is 17.9 Å². The molecular formula is C27H21FN2O4S. The van der Waals surface area contributed by atoms with Gasteiger partial charge in [-0.25, -0.2) is 4.39 Å². The fourth-order valence-electron chi connectivity index (χ4n) is 3.52. The highest BCUT2D eigenvalue weighted by Gasteiger charge is 2.35. The van der Waals surface area contributed by atoms with Crippen LogP contribution in [0.15, 0.2) is 71.6 Å². The normalized spacial score (nSPS) is 14.3. The predicted octanol–water partition coefficient (Wildman–Crippen LogP) is 5.91. The summed E-state index contributed by atoms with van der Waals surface area (Å²) in [6, 6.07) is 20.3. The van der Waals surface area contributed by atoms with Gasteiger partial charge in [-0.3, -0.25) is 14.5 Å². The highest BCUT2D eigenvalue weighted by atomic mass is 32.2. The number of ether oxygens (including phenoxy) is 2. The zero-order valence-corrected chi connectivity index (χ0v) is 19.7. The number of halogens is 1. The molecule has 8 heteroatoms. The van der Waals surface area contributed by atoms with Crippen LogP contribution in [0.2, 0.25) is 0 Å². The Bertz CT molecular complexity index is 1350. The first-order chi connectivity index (χ1) is 17.0. The molecule has 3 aromatic carbocycles. The molecule has 0 unspecified atom stereocenters. The molecule has 0 saturated carbocycles. The van der Waals surface area contributed by atoms with Crippen molar-refractivity contribution in [2.24, 2.45) is 0 Å². The van der Waals surface area contributed by atoms with E-state index >= 15 is 0 Å². The third-order valence-corrected chi connectivity index (χ3v) is 6.10. The molecular weight excluding hydrogens is 467 g/mol. The maximum atomic E-state index is 13.4. The van der Waals surface area contributed by atoms with Crippen molar-refractivity contribution in [1.82, 2.24) is 4.90 Å². The molecule has 35 heavy (non-hydrogen) atoms. The van der Waals surface area contributed by atoms with Gasteiger partial charge in [0.05, 0.1) is 29.7 Å². The minimum Gasteiger partial charge on any atom is -0.490 e. The highest BCUT2D eigenvalue weighted by Crippen LogP contribution is 2.36. The van der Waals surface area contributed by atoms with Gasteiger partial charge in [0.15, 0.2) is 11.5 Å². The smallest absolute Gasteiger partial charge is 0.293 e. The summed E-state index contributed by atoms with van der Waals surface area (Å²) in [5, 5.41) is 8.89. The van der Waals surface area contributed by atoms with Gasteiger partial charge in [0, 0.05) is 0 Å². The van der Waals surface area contributed by atoms with E-state index in [2.05, 4.69) is 6.07 Å². The van der Waals surface area contributed by atoms with E-state index in [-0.39, 0.29) is 23.9 Å². The molecule has 0 spiro atoms. The third-order valence-electron chi connectivity index (χ3n) is 5.19. The number of carbonyl (C=O) groups excluding carboxylic acids is 2. The van der Waals surface area contributed by atoms with Crippen molar-refractivity contribution in [1.29, 1.82) is 5.26 Å². The van der Waals surface area contributed by atoms with Gasteiger partial charge in [-0.2, -0.15) is 5.26 Å². The van der Waals surface area contributed by atoms with Gasteiger partial charge in [0.1, 0.15) is 12.4 Å². The summed E-state index contributed by atoms with van der Waals surface area (Å²) in [7, 11) is 0. The van der Waals surface area contributed by atoms with Crippen molar-refractivity contribution in [3.63, 3.8) is 0 Å². The van der Waals surface area contributed by atoms with Crippen molar-refractivity contribution in [2.45, 2.75) is 20.1 Å². The van der Waals surface area contributed by atoms with Crippen LogP contribution in [-0.4, -0.2) is 22.7 Å². The molecule has 1 saturated heterocycles. The van der Waals surface area contributed by atoms with Crippen molar-refractivity contribution < 1.29 is 23.5 Å². The number of hydrogen-bond donors (Lipinski definition) is 0. The van der Waals surface area contributed by atoms with Gasteiger partial charge >= 0.3 is 0 Å². The number of imide groups is 1. The van der Waals surface area contributed by atoms with Crippen LogP contribution in [0, 0.1) is 17.1 Å². The standard InChI is InChI=1S/C27H21FN2O4S/c1-2-33-24-13-18(10-11-23(24)34-17-19-6-5-9-22(28)12-19)14-25-26(31)30(27(32)35-25)16-21-8-4-3-7-20(21)15-29/h3-14H,2,16-17H2,1H3/b25-14+. The van der Waals surface area contributed by atoms with Crippen LogP contribution in [0.25, 0.3) is 6.08 Å². The first kappa shape index (κ1) is 24.0. The Morgan fingerprint density at radius 1 is 1.03 bits per heavy atom. The zero-order valence-electron chi connectivity index (χ0n) is 18.9. The summed E-state index contributed by atoms with van der Waals surface area (Å²) in [5.41, 5.74) is 2.38. The van der Waals surface area contributed by atoms with E-state index in [0.29, 0.717) is 40.4 Å². The van der Waals surface area contributed by atoms with Crippen LogP contribution in [0.1, 0.15) is 29.2 Å². The number of rotatable bonds is 8. The lowest BCUT2D eigenvalue weighted by Crippen LogP contribution is -2.27. The van der Waals surface area contributed by atoms with E-state index in [0.717, 1.165) is 16.7 Å². The van der Waals surface area contributed by atoms with E-state index < -0.39 is 11.1 Å². The van der Waals surface area contributed by atoms with Gasteiger partial charge in [-0.1, -0.05) is 36.4 Å². The first-order valence-electron chi connectivity index (χ1n) is 10.9. The monoisotopic (exact) mass is 488 g/mol. The SMILES string of the molecule is CCOc1cc(/C=C2/SC(=O)N(Cc3ccccc3C#N)C2=O)ccc1OCc1cccc(F)c1. The van der Waals surface area contributed by atoms with E-state index in [1.807, 2.05) is 6.92 Å². The minimum absolute atomic E-state index is 0.0305. The van der Waals surface area contributed by atoms with Crippen LogP contribution >= 0.6 is 11.8 Å². The molecule has 0 aliphatic carbocycles. The molecule has 0 bridgehead atoms. The second kappa shape index (κ2) is 10.9. The summed E-state index contributed by atoms with van der Waals surface area (Å²) in [5.74, 6) is 0.197. The van der Waals surface area contributed by atoms with Gasteiger partial charge in [0.2, 0.25) is 0 Å². The summed E-state index contributed by atoms with van der Waals surface area (Å²) in [6.45, 7) is 2.44. The number of nitrogens with zero attached hydrogens (tertiary/aromatic N) is 2. The molecule has 0 N–H and O–H groups in total. The topological polar surface area (TPSA) is 79.6 Å². The fourth-order valence-corrected chi connectivity index (χ4v) is 4.35. The molecule has 1 fully saturated rings. The molecule has 3 aromatic rings. The Balaban J connectivity index is 1.52. The van der Waals surface area contributed by atoms with Crippen molar-refractivity contribution in [3.05, 3.63) is 99.7 Å². The number of carbonyl (C=O) groups is 2. The fraction of sp³-hybridized carbons (Fsp3) is 0.148. The Morgan fingerprint density at radius 3 is 2.63 bits per heavy atom. The summed E-state index contributed by atoms with van der Waals surface area (Å²) in [6.07, 6.45) is 1.62. The maximum Gasteiger partial charge on any atom is 0.293 e.